The minimum atomic E-state index is -0.254. The van der Waals surface area contributed by atoms with Crippen LogP contribution in [0.25, 0.3) is 22.6 Å². The molecule has 3 rings (SSSR count). The molecule has 2 aromatic carbocycles. The van der Waals surface area contributed by atoms with Crippen molar-refractivity contribution in [3.8, 4) is 6.07 Å². The van der Waals surface area contributed by atoms with Gasteiger partial charge in [0.15, 0.2) is 5.82 Å². The number of nitrogens with zero attached hydrogens (tertiary/aromatic N) is 2. The number of hydrogen-bond donors (Lipinski definition) is 1. The number of hydrogen-bond acceptors (Lipinski definition) is 3. The maximum absolute atomic E-state index is 12.1. The molecule has 0 radical (unpaired) electrons. The predicted octanol–water partition coefficient (Wildman–Crippen LogP) is 3.75. The predicted molar refractivity (Wildman–Crippen MR) is 90.0 cm³/mol. The Morgan fingerprint density at radius 3 is 2.82 bits per heavy atom. The van der Waals surface area contributed by atoms with Gasteiger partial charge in [-0.05, 0) is 35.9 Å². The number of fused-ring (bicyclic) bond motifs is 1. The standard InChI is InChI=1S/C17H10BrN3O/c18-13-5-3-4-11(9-13)8-12(10-19)16-20-15-7-2-1-6-14(15)17(22)21-16/h1-9H,(H,20,21,22)/b12-8+. The van der Waals surface area contributed by atoms with Gasteiger partial charge in [0.05, 0.1) is 16.5 Å². The van der Waals surface area contributed by atoms with E-state index in [1.165, 1.54) is 0 Å². The lowest BCUT2D eigenvalue weighted by Gasteiger charge is -2.02. The normalized spacial score (nSPS) is 11.4. The van der Waals surface area contributed by atoms with Gasteiger partial charge in [0.1, 0.15) is 6.07 Å². The van der Waals surface area contributed by atoms with E-state index in [-0.39, 0.29) is 11.4 Å². The maximum atomic E-state index is 12.1. The number of halogens is 1. The molecule has 5 heteroatoms. The summed E-state index contributed by atoms with van der Waals surface area (Å²) in [5, 5.41) is 9.89. The fraction of sp³-hybridized carbons (Fsp3) is 0. The number of rotatable bonds is 2. The van der Waals surface area contributed by atoms with Gasteiger partial charge in [-0.1, -0.05) is 40.2 Å². The number of nitrogens with one attached hydrogen (secondary N) is 1. The molecule has 3 aromatic rings. The maximum Gasteiger partial charge on any atom is 0.259 e. The number of allylic oxidation sites excluding steroid dienone is 1. The summed E-state index contributed by atoms with van der Waals surface area (Å²) in [6, 6.07) is 16.7. The number of nitriles is 1. The summed E-state index contributed by atoms with van der Waals surface area (Å²) in [6.07, 6.45) is 1.69. The second-order valence-electron chi connectivity index (χ2n) is 4.66. The monoisotopic (exact) mass is 351 g/mol. The minimum absolute atomic E-state index is 0.254. The zero-order chi connectivity index (χ0) is 15.5. The number of aromatic amines is 1. The third-order valence-corrected chi connectivity index (χ3v) is 3.64. The summed E-state index contributed by atoms with van der Waals surface area (Å²) in [4.78, 5) is 19.1. The van der Waals surface area contributed by atoms with Crippen LogP contribution in [0.2, 0.25) is 0 Å². The Balaban J connectivity index is 2.16. The molecule has 0 saturated heterocycles. The van der Waals surface area contributed by atoms with Crippen LogP contribution < -0.4 is 5.56 Å². The van der Waals surface area contributed by atoms with E-state index in [0.29, 0.717) is 16.5 Å². The van der Waals surface area contributed by atoms with Gasteiger partial charge in [-0.2, -0.15) is 5.26 Å². The second kappa shape index (κ2) is 5.96. The summed E-state index contributed by atoms with van der Waals surface area (Å²) >= 11 is 3.39. The lowest BCUT2D eigenvalue weighted by atomic mass is 10.1. The van der Waals surface area contributed by atoms with Crippen LogP contribution in [0.3, 0.4) is 0 Å². The molecular formula is C17H10BrN3O. The van der Waals surface area contributed by atoms with Crippen molar-refractivity contribution in [3.05, 3.63) is 74.7 Å². The lowest BCUT2D eigenvalue weighted by molar-refractivity contribution is 1.13. The molecule has 1 heterocycles. The Kier molecular flexibility index (Phi) is 3.86. The Morgan fingerprint density at radius 1 is 1.23 bits per heavy atom. The first-order valence-corrected chi connectivity index (χ1v) is 7.33. The molecule has 0 amide bonds. The van der Waals surface area contributed by atoms with Crippen LogP contribution in [-0.4, -0.2) is 9.97 Å². The van der Waals surface area contributed by atoms with E-state index in [1.54, 1.807) is 24.3 Å². The van der Waals surface area contributed by atoms with Crippen LogP contribution in [-0.2, 0) is 0 Å². The third-order valence-electron chi connectivity index (χ3n) is 3.15. The SMILES string of the molecule is N#C/C(=C\c1cccc(Br)c1)c1nc2ccccc2c(=O)[nH]1. The van der Waals surface area contributed by atoms with Crippen LogP contribution in [0.4, 0.5) is 0 Å². The Labute approximate surface area is 134 Å². The average molecular weight is 352 g/mol. The zero-order valence-corrected chi connectivity index (χ0v) is 13.0. The highest BCUT2D eigenvalue weighted by molar-refractivity contribution is 9.10. The van der Waals surface area contributed by atoms with Crippen molar-refractivity contribution in [1.29, 1.82) is 5.26 Å². The van der Waals surface area contributed by atoms with E-state index in [4.69, 9.17) is 0 Å². The molecule has 106 valence electrons. The minimum Gasteiger partial charge on any atom is -0.305 e. The molecule has 1 aromatic heterocycles. The third kappa shape index (κ3) is 2.83. The number of aromatic nitrogens is 2. The molecule has 0 aliphatic heterocycles. The van der Waals surface area contributed by atoms with Crippen LogP contribution in [0.15, 0.2) is 57.8 Å². The second-order valence-corrected chi connectivity index (χ2v) is 5.57. The largest absolute Gasteiger partial charge is 0.305 e. The van der Waals surface area contributed by atoms with E-state index >= 15 is 0 Å². The molecule has 0 spiro atoms. The fourth-order valence-electron chi connectivity index (χ4n) is 2.13. The van der Waals surface area contributed by atoms with Crippen LogP contribution >= 0.6 is 15.9 Å². The summed E-state index contributed by atoms with van der Waals surface area (Å²) < 4.78 is 0.915. The van der Waals surface area contributed by atoms with Crippen molar-refractivity contribution >= 4 is 38.5 Å². The Bertz CT molecular complexity index is 983. The van der Waals surface area contributed by atoms with Crippen LogP contribution in [0, 0.1) is 11.3 Å². The summed E-state index contributed by atoms with van der Waals surface area (Å²) in [6.45, 7) is 0. The zero-order valence-electron chi connectivity index (χ0n) is 11.4. The highest BCUT2D eigenvalue weighted by Gasteiger charge is 2.08. The van der Waals surface area contributed by atoms with Gasteiger partial charge in [-0.25, -0.2) is 4.98 Å². The van der Waals surface area contributed by atoms with Crippen molar-refractivity contribution in [3.63, 3.8) is 0 Å². The molecule has 1 N–H and O–H groups in total. The van der Waals surface area contributed by atoms with Gasteiger partial charge in [0.25, 0.3) is 5.56 Å². The molecule has 4 nitrogen and oxygen atoms in total. The summed E-state index contributed by atoms with van der Waals surface area (Å²) in [7, 11) is 0. The molecule has 0 aliphatic rings. The number of benzene rings is 2. The highest BCUT2D eigenvalue weighted by Crippen LogP contribution is 2.18. The van der Waals surface area contributed by atoms with Crippen molar-refractivity contribution in [1.82, 2.24) is 9.97 Å². The van der Waals surface area contributed by atoms with Gasteiger partial charge in [0, 0.05) is 4.47 Å². The lowest BCUT2D eigenvalue weighted by Crippen LogP contribution is -2.11. The summed E-state index contributed by atoms with van der Waals surface area (Å²) in [5.74, 6) is 0.270. The van der Waals surface area contributed by atoms with Crippen molar-refractivity contribution in [2.75, 3.05) is 0 Å². The summed E-state index contributed by atoms with van der Waals surface area (Å²) in [5.41, 5.74) is 1.47. The average Bonchev–Trinajstić information content (AvgIpc) is 2.52. The molecule has 0 unspecified atom stereocenters. The van der Waals surface area contributed by atoms with E-state index in [9.17, 15) is 10.1 Å². The highest BCUT2D eigenvalue weighted by atomic mass is 79.9. The van der Waals surface area contributed by atoms with Gasteiger partial charge in [-0.15, -0.1) is 0 Å². The number of para-hydroxylation sites is 1. The molecule has 0 fully saturated rings. The van der Waals surface area contributed by atoms with Crippen molar-refractivity contribution < 1.29 is 0 Å². The van der Waals surface area contributed by atoms with Gasteiger partial charge in [-0.3, -0.25) is 4.79 Å². The van der Waals surface area contributed by atoms with E-state index in [1.807, 2.05) is 30.3 Å². The fourth-order valence-corrected chi connectivity index (χ4v) is 2.55. The van der Waals surface area contributed by atoms with Gasteiger partial charge in [0.2, 0.25) is 0 Å². The van der Waals surface area contributed by atoms with Crippen LogP contribution in [0.5, 0.6) is 0 Å². The van der Waals surface area contributed by atoms with Crippen molar-refractivity contribution in [2.45, 2.75) is 0 Å². The van der Waals surface area contributed by atoms with Crippen molar-refractivity contribution in [2.24, 2.45) is 0 Å². The van der Waals surface area contributed by atoms with Gasteiger partial charge < -0.3 is 4.98 Å². The van der Waals surface area contributed by atoms with Gasteiger partial charge >= 0.3 is 0 Å². The molecule has 0 atom stereocenters. The van der Waals surface area contributed by atoms with E-state index in [0.717, 1.165) is 10.0 Å². The molecule has 22 heavy (non-hydrogen) atoms. The quantitative estimate of drug-likeness (QED) is 0.714. The van der Waals surface area contributed by atoms with E-state index < -0.39 is 0 Å². The smallest absolute Gasteiger partial charge is 0.259 e. The molecular weight excluding hydrogens is 342 g/mol. The topological polar surface area (TPSA) is 69.5 Å². The molecule has 0 aliphatic carbocycles. The molecule has 0 saturated carbocycles. The first-order chi connectivity index (χ1) is 10.7. The number of H-pyrrole nitrogens is 1. The van der Waals surface area contributed by atoms with Crippen LogP contribution in [0.1, 0.15) is 11.4 Å². The Hall–Kier alpha value is -2.71. The first kappa shape index (κ1) is 14.2. The first-order valence-electron chi connectivity index (χ1n) is 6.54. The van der Waals surface area contributed by atoms with E-state index in [2.05, 4.69) is 32.0 Å². The molecule has 0 bridgehead atoms. The Morgan fingerprint density at radius 2 is 2.05 bits per heavy atom.